The van der Waals surface area contributed by atoms with Crippen molar-refractivity contribution in [3.63, 3.8) is 0 Å². The monoisotopic (exact) mass is 513 g/mol. The summed E-state index contributed by atoms with van der Waals surface area (Å²) in [7, 11) is 1.40. The first kappa shape index (κ1) is 25.8. The van der Waals surface area contributed by atoms with Gasteiger partial charge >= 0.3 is 16.2 Å². The summed E-state index contributed by atoms with van der Waals surface area (Å²) in [6.45, 7) is 5.51. The quantitative estimate of drug-likeness (QED) is 0.500. The van der Waals surface area contributed by atoms with Crippen LogP contribution in [0.5, 0.6) is 0 Å². The second kappa shape index (κ2) is 10.4. The van der Waals surface area contributed by atoms with Crippen LogP contribution in [0.25, 0.3) is 10.9 Å². The van der Waals surface area contributed by atoms with Gasteiger partial charge in [0.25, 0.3) is 0 Å². The van der Waals surface area contributed by atoms with Crippen LogP contribution in [-0.4, -0.2) is 79.5 Å². The molecule has 36 heavy (non-hydrogen) atoms. The van der Waals surface area contributed by atoms with Crippen LogP contribution in [0.4, 0.5) is 22.0 Å². The zero-order valence-electron chi connectivity index (χ0n) is 21.5. The van der Waals surface area contributed by atoms with E-state index in [2.05, 4.69) is 40.8 Å². The van der Waals surface area contributed by atoms with Crippen LogP contribution in [0.1, 0.15) is 26.7 Å². The molecule has 1 amide bonds. The number of fused-ring (bicyclic) bond motifs is 1. The number of amides is 1. The summed E-state index contributed by atoms with van der Waals surface area (Å²) in [4.78, 5) is 22.0. The SMILES string of the molecule is CC(C)Nc1cccnc1N(C)C1CCN(C(=O)n2ccc3cc(NS(=O)(=O)N(C)C)ccc32)CC1. The molecule has 2 N–H and O–H groups in total. The number of piperidine rings is 1. The Morgan fingerprint density at radius 3 is 2.50 bits per heavy atom. The fourth-order valence-electron chi connectivity index (χ4n) is 4.48. The first-order valence-electron chi connectivity index (χ1n) is 12.1. The van der Waals surface area contributed by atoms with Crippen molar-refractivity contribution in [3.05, 3.63) is 48.8 Å². The Labute approximate surface area is 213 Å². The number of carbonyl (C=O) groups excluding carboxylic acids is 1. The molecule has 1 saturated heterocycles. The molecule has 0 radical (unpaired) electrons. The number of benzene rings is 1. The van der Waals surface area contributed by atoms with Crippen molar-refractivity contribution in [2.24, 2.45) is 0 Å². The van der Waals surface area contributed by atoms with E-state index in [0.717, 1.165) is 39.6 Å². The number of carbonyl (C=O) groups is 1. The Hall–Kier alpha value is -3.31. The lowest BCUT2D eigenvalue weighted by Gasteiger charge is -2.38. The number of rotatable bonds is 7. The van der Waals surface area contributed by atoms with E-state index in [1.54, 1.807) is 29.0 Å². The third-order valence-corrected chi connectivity index (χ3v) is 7.93. The molecule has 0 saturated carbocycles. The van der Waals surface area contributed by atoms with Gasteiger partial charge in [-0.15, -0.1) is 0 Å². The number of nitrogens with one attached hydrogen (secondary N) is 2. The summed E-state index contributed by atoms with van der Waals surface area (Å²) in [5.41, 5.74) is 2.20. The smallest absolute Gasteiger partial charge is 0.328 e. The van der Waals surface area contributed by atoms with Gasteiger partial charge < -0.3 is 15.1 Å². The van der Waals surface area contributed by atoms with E-state index in [1.165, 1.54) is 14.1 Å². The molecule has 0 aliphatic carbocycles. The van der Waals surface area contributed by atoms with Crippen LogP contribution in [0.2, 0.25) is 0 Å². The normalized spacial score (nSPS) is 15.0. The van der Waals surface area contributed by atoms with Gasteiger partial charge in [-0.3, -0.25) is 9.29 Å². The van der Waals surface area contributed by atoms with Gasteiger partial charge in [-0.1, -0.05) is 0 Å². The maximum Gasteiger partial charge on any atom is 0.328 e. The Morgan fingerprint density at radius 1 is 1.11 bits per heavy atom. The topological polar surface area (TPSA) is 103 Å². The van der Waals surface area contributed by atoms with E-state index < -0.39 is 10.2 Å². The van der Waals surface area contributed by atoms with Gasteiger partial charge in [0.2, 0.25) is 0 Å². The molecule has 0 bridgehead atoms. The number of hydrogen-bond donors (Lipinski definition) is 2. The first-order chi connectivity index (χ1) is 17.1. The zero-order chi connectivity index (χ0) is 26.0. The molecule has 0 unspecified atom stereocenters. The van der Waals surface area contributed by atoms with E-state index in [-0.39, 0.29) is 12.1 Å². The average molecular weight is 514 g/mol. The van der Waals surface area contributed by atoms with Crippen molar-refractivity contribution >= 4 is 44.3 Å². The van der Waals surface area contributed by atoms with E-state index in [1.807, 2.05) is 29.3 Å². The molecule has 0 spiro atoms. The highest BCUT2D eigenvalue weighted by Gasteiger charge is 2.28. The summed E-state index contributed by atoms with van der Waals surface area (Å²) >= 11 is 0. The molecule has 3 heterocycles. The highest BCUT2D eigenvalue weighted by atomic mass is 32.2. The van der Waals surface area contributed by atoms with Crippen LogP contribution < -0.4 is 14.9 Å². The molecule has 1 aromatic carbocycles. The predicted octanol–water partition coefficient (Wildman–Crippen LogP) is 3.64. The van der Waals surface area contributed by atoms with Crippen molar-refractivity contribution in [3.8, 4) is 0 Å². The zero-order valence-corrected chi connectivity index (χ0v) is 22.3. The van der Waals surface area contributed by atoms with Crippen LogP contribution in [0.3, 0.4) is 0 Å². The van der Waals surface area contributed by atoms with Gasteiger partial charge in [-0.2, -0.15) is 12.7 Å². The summed E-state index contributed by atoms with van der Waals surface area (Å²) in [6.07, 6.45) is 5.24. The third-order valence-electron chi connectivity index (χ3n) is 6.47. The minimum absolute atomic E-state index is 0.0762. The number of likely N-dealkylation sites (tertiary alicyclic amines) is 1. The second-order valence-corrected chi connectivity index (χ2v) is 11.5. The Balaban J connectivity index is 1.43. The summed E-state index contributed by atoms with van der Waals surface area (Å²) in [5.74, 6) is 0.924. The van der Waals surface area contributed by atoms with E-state index in [9.17, 15) is 13.2 Å². The minimum atomic E-state index is -3.60. The van der Waals surface area contributed by atoms with Gasteiger partial charge in [-0.05, 0) is 63.1 Å². The number of aromatic nitrogens is 2. The molecular weight excluding hydrogens is 478 g/mol. The van der Waals surface area contributed by atoms with E-state index in [0.29, 0.717) is 24.8 Å². The molecule has 1 aliphatic heterocycles. The van der Waals surface area contributed by atoms with E-state index >= 15 is 0 Å². The van der Waals surface area contributed by atoms with Gasteiger partial charge in [0.05, 0.1) is 16.9 Å². The molecule has 1 fully saturated rings. The van der Waals surface area contributed by atoms with Gasteiger partial charge in [0.1, 0.15) is 0 Å². The molecule has 10 nitrogen and oxygen atoms in total. The van der Waals surface area contributed by atoms with Gasteiger partial charge in [0.15, 0.2) is 5.82 Å². The Bertz CT molecular complexity index is 1330. The molecule has 0 atom stereocenters. The molecule has 4 rings (SSSR count). The summed E-state index contributed by atoms with van der Waals surface area (Å²) in [6, 6.07) is 11.5. The molecule has 1 aliphatic rings. The Morgan fingerprint density at radius 2 is 1.83 bits per heavy atom. The maximum absolute atomic E-state index is 13.3. The lowest BCUT2D eigenvalue weighted by molar-refractivity contribution is 0.183. The van der Waals surface area contributed by atoms with Crippen molar-refractivity contribution in [2.45, 2.75) is 38.8 Å². The summed E-state index contributed by atoms with van der Waals surface area (Å²) in [5, 5.41) is 4.25. The number of nitrogens with zero attached hydrogens (tertiary/aromatic N) is 5. The fourth-order valence-corrected chi connectivity index (χ4v) is 5.09. The lowest BCUT2D eigenvalue weighted by atomic mass is 10.0. The number of hydrogen-bond acceptors (Lipinski definition) is 6. The number of anilines is 3. The van der Waals surface area contributed by atoms with Crippen LogP contribution in [-0.2, 0) is 10.2 Å². The molecular formula is C25H35N7O3S. The lowest BCUT2D eigenvalue weighted by Crippen LogP contribution is -2.47. The van der Waals surface area contributed by atoms with Gasteiger partial charge in [0, 0.05) is 64.1 Å². The maximum atomic E-state index is 13.3. The fraction of sp³-hybridized carbons (Fsp3) is 0.440. The largest absolute Gasteiger partial charge is 0.380 e. The molecule has 3 aromatic rings. The Kier molecular flexibility index (Phi) is 7.41. The predicted molar refractivity (Wildman–Crippen MR) is 145 cm³/mol. The second-order valence-electron chi connectivity index (χ2n) is 9.63. The van der Waals surface area contributed by atoms with Crippen molar-refractivity contribution in [2.75, 3.05) is 49.2 Å². The van der Waals surface area contributed by atoms with Crippen molar-refractivity contribution < 1.29 is 13.2 Å². The first-order valence-corrected chi connectivity index (χ1v) is 13.6. The third kappa shape index (κ3) is 5.41. The molecule has 2 aromatic heterocycles. The van der Waals surface area contributed by atoms with Crippen LogP contribution >= 0.6 is 0 Å². The van der Waals surface area contributed by atoms with Crippen LogP contribution in [0.15, 0.2) is 48.8 Å². The summed E-state index contributed by atoms with van der Waals surface area (Å²) < 4.78 is 29.5. The standard InChI is InChI=1S/C25H35N7O3S/c1-18(2)27-22-7-6-13-26-24(22)30(5)21-11-14-31(15-12-21)25(33)32-16-10-19-17-20(8-9-23(19)32)28-36(34,35)29(3)4/h6-10,13,16-18,21,27-28H,11-12,14-15H2,1-5H3. The van der Waals surface area contributed by atoms with Gasteiger partial charge in [-0.25, -0.2) is 9.78 Å². The average Bonchev–Trinajstić information content (AvgIpc) is 3.26. The van der Waals surface area contributed by atoms with Crippen molar-refractivity contribution in [1.29, 1.82) is 0 Å². The highest BCUT2D eigenvalue weighted by Crippen LogP contribution is 2.28. The van der Waals surface area contributed by atoms with E-state index in [4.69, 9.17) is 0 Å². The number of pyridine rings is 1. The highest BCUT2D eigenvalue weighted by molar-refractivity contribution is 7.90. The molecule has 194 valence electrons. The minimum Gasteiger partial charge on any atom is -0.380 e. The van der Waals surface area contributed by atoms with Crippen molar-refractivity contribution in [1.82, 2.24) is 18.8 Å². The van der Waals surface area contributed by atoms with Crippen LogP contribution in [0, 0.1) is 0 Å². The molecule has 11 heteroatoms.